The Morgan fingerprint density at radius 1 is 1.31 bits per heavy atom. The van der Waals surface area contributed by atoms with Crippen LogP contribution in [0.3, 0.4) is 0 Å². The van der Waals surface area contributed by atoms with Gasteiger partial charge in [-0.05, 0) is 49.6 Å². The van der Waals surface area contributed by atoms with Crippen LogP contribution in [0.15, 0.2) is 43.0 Å². The molecule has 1 atom stereocenters. The monoisotopic (exact) mass is 368 g/mol. The zero-order valence-electron chi connectivity index (χ0n) is 15.6. The van der Waals surface area contributed by atoms with Crippen molar-refractivity contribution < 1.29 is 4.79 Å². The first-order valence-electron chi connectivity index (χ1n) is 8.82. The number of carbonyl (C=O) groups is 1. The quantitative estimate of drug-likeness (QED) is 0.647. The molecule has 1 amide bonds. The van der Waals surface area contributed by atoms with E-state index in [1.54, 1.807) is 22.3 Å². The summed E-state index contributed by atoms with van der Waals surface area (Å²) in [5, 5.41) is 4.13. The third kappa shape index (κ3) is 3.70. The van der Waals surface area contributed by atoms with E-state index in [2.05, 4.69) is 36.9 Å². The molecular formula is C20H24N4OS. The normalized spacial score (nSPS) is 12.2. The van der Waals surface area contributed by atoms with E-state index in [0.29, 0.717) is 0 Å². The van der Waals surface area contributed by atoms with Gasteiger partial charge in [-0.15, -0.1) is 11.3 Å². The van der Waals surface area contributed by atoms with Gasteiger partial charge in [-0.25, -0.2) is 9.67 Å². The van der Waals surface area contributed by atoms with Crippen LogP contribution in [0.4, 0.5) is 0 Å². The molecule has 2 aromatic heterocycles. The topological polar surface area (TPSA) is 51.0 Å². The van der Waals surface area contributed by atoms with E-state index in [0.717, 1.165) is 29.0 Å². The molecule has 3 aromatic rings. The number of hydrogen-bond donors (Lipinski definition) is 0. The van der Waals surface area contributed by atoms with Gasteiger partial charge in [0.15, 0.2) is 0 Å². The number of rotatable bonds is 6. The van der Waals surface area contributed by atoms with Gasteiger partial charge in [0.1, 0.15) is 12.7 Å². The van der Waals surface area contributed by atoms with E-state index in [1.165, 1.54) is 16.8 Å². The lowest BCUT2D eigenvalue weighted by molar-refractivity contribution is 0.0747. The second kappa shape index (κ2) is 7.83. The molecule has 136 valence electrons. The summed E-state index contributed by atoms with van der Waals surface area (Å²) in [5.74, 6) is 0.0771. The van der Waals surface area contributed by atoms with Gasteiger partial charge in [0.25, 0.3) is 5.91 Å². The molecule has 0 N–H and O–H groups in total. The summed E-state index contributed by atoms with van der Waals surface area (Å²) in [7, 11) is 1.87. The highest BCUT2D eigenvalue weighted by atomic mass is 32.1. The smallest absolute Gasteiger partial charge is 0.264 e. The Labute approximate surface area is 158 Å². The Morgan fingerprint density at radius 2 is 2.04 bits per heavy atom. The van der Waals surface area contributed by atoms with Gasteiger partial charge in [-0.3, -0.25) is 4.79 Å². The molecule has 26 heavy (non-hydrogen) atoms. The highest BCUT2D eigenvalue weighted by Gasteiger charge is 2.21. The van der Waals surface area contributed by atoms with Crippen LogP contribution in [0.1, 0.15) is 52.0 Å². The summed E-state index contributed by atoms with van der Waals surface area (Å²) in [4.78, 5) is 20.7. The standard InChI is InChI=1S/C20H24N4OS/c1-5-6-17-11-19(26-15(17)3)20(25)23(4)14(2)16-7-9-18(10-8-16)24-13-21-12-22-24/h7-14H,5-6H2,1-4H3/t14-/m1/s1. The van der Waals surface area contributed by atoms with Crippen LogP contribution in [0.25, 0.3) is 5.69 Å². The van der Waals surface area contributed by atoms with E-state index in [1.807, 2.05) is 36.2 Å². The lowest BCUT2D eigenvalue weighted by Crippen LogP contribution is -2.29. The Balaban J connectivity index is 1.75. The first-order chi connectivity index (χ1) is 12.5. The summed E-state index contributed by atoms with van der Waals surface area (Å²) in [6.07, 6.45) is 5.30. The van der Waals surface area contributed by atoms with Crippen LogP contribution in [0.5, 0.6) is 0 Å². The predicted octanol–water partition coefficient (Wildman–Crippen LogP) is 4.42. The van der Waals surface area contributed by atoms with E-state index in [-0.39, 0.29) is 11.9 Å². The van der Waals surface area contributed by atoms with Crippen molar-refractivity contribution in [3.63, 3.8) is 0 Å². The lowest BCUT2D eigenvalue weighted by Gasteiger charge is -2.25. The number of carbonyl (C=O) groups excluding carboxylic acids is 1. The van der Waals surface area contributed by atoms with E-state index >= 15 is 0 Å². The van der Waals surface area contributed by atoms with Crippen molar-refractivity contribution in [2.75, 3.05) is 7.05 Å². The Morgan fingerprint density at radius 3 is 2.65 bits per heavy atom. The zero-order valence-corrected chi connectivity index (χ0v) is 16.5. The van der Waals surface area contributed by atoms with Gasteiger partial charge in [0.2, 0.25) is 0 Å². The number of aryl methyl sites for hydroxylation is 2. The Hall–Kier alpha value is -2.47. The molecule has 0 aliphatic heterocycles. The molecule has 0 spiro atoms. The summed E-state index contributed by atoms with van der Waals surface area (Å²) in [5.41, 5.74) is 3.33. The maximum atomic E-state index is 12.9. The van der Waals surface area contributed by atoms with Crippen LogP contribution >= 0.6 is 11.3 Å². The molecule has 6 heteroatoms. The molecule has 0 fully saturated rings. The minimum absolute atomic E-state index is 0.00988. The van der Waals surface area contributed by atoms with Crippen LogP contribution in [-0.2, 0) is 6.42 Å². The molecule has 3 rings (SSSR count). The molecule has 0 saturated heterocycles. The molecule has 5 nitrogen and oxygen atoms in total. The summed E-state index contributed by atoms with van der Waals surface area (Å²) >= 11 is 1.59. The Kier molecular flexibility index (Phi) is 5.52. The second-order valence-electron chi connectivity index (χ2n) is 6.47. The average Bonchev–Trinajstić information content (AvgIpc) is 3.31. The van der Waals surface area contributed by atoms with Crippen molar-refractivity contribution in [2.45, 2.75) is 39.7 Å². The number of amides is 1. The lowest BCUT2D eigenvalue weighted by atomic mass is 10.1. The third-order valence-electron chi connectivity index (χ3n) is 4.71. The molecular weight excluding hydrogens is 344 g/mol. The number of benzene rings is 1. The molecule has 0 radical (unpaired) electrons. The maximum absolute atomic E-state index is 12.9. The highest BCUT2D eigenvalue weighted by Crippen LogP contribution is 2.27. The fourth-order valence-corrected chi connectivity index (χ4v) is 4.02. The molecule has 0 unspecified atom stereocenters. The van der Waals surface area contributed by atoms with Crippen molar-refractivity contribution in [3.05, 3.63) is 63.9 Å². The van der Waals surface area contributed by atoms with E-state index in [9.17, 15) is 4.79 Å². The Bertz CT molecular complexity index is 868. The first kappa shape index (κ1) is 18.3. The fraction of sp³-hybridized carbons (Fsp3) is 0.350. The van der Waals surface area contributed by atoms with Crippen LogP contribution in [0.2, 0.25) is 0 Å². The SMILES string of the molecule is CCCc1cc(C(=O)N(C)[C@H](C)c2ccc(-n3cncn3)cc2)sc1C. The van der Waals surface area contributed by atoms with Crippen molar-refractivity contribution in [1.82, 2.24) is 19.7 Å². The van der Waals surface area contributed by atoms with Gasteiger partial charge in [-0.1, -0.05) is 25.5 Å². The summed E-state index contributed by atoms with van der Waals surface area (Å²) in [6, 6.07) is 10.1. The van der Waals surface area contributed by atoms with E-state index < -0.39 is 0 Å². The highest BCUT2D eigenvalue weighted by molar-refractivity contribution is 7.14. The fourth-order valence-electron chi connectivity index (χ4n) is 2.96. The molecule has 0 aliphatic carbocycles. The number of nitrogens with zero attached hydrogens (tertiary/aromatic N) is 4. The predicted molar refractivity (Wildman–Crippen MR) is 105 cm³/mol. The minimum Gasteiger partial charge on any atom is -0.334 e. The van der Waals surface area contributed by atoms with Crippen molar-refractivity contribution >= 4 is 17.2 Å². The van der Waals surface area contributed by atoms with Crippen molar-refractivity contribution in [1.29, 1.82) is 0 Å². The zero-order chi connectivity index (χ0) is 18.7. The number of aromatic nitrogens is 3. The van der Waals surface area contributed by atoms with Crippen LogP contribution in [0, 0.1) is 6.92 Å². The molecule has 0 saturated carbocycles. The molecule has 0 aliphatic rings. The van der Waals surface area contributed by atoms with Crippen molar-refractivity contribution in [3.8, 4) is 5.69 Å². The van der Waals surface area contributed by atoms with Crippen LogP contribution < -0.4 is 0 Å². The van der Waals surface area contributed by atoms with Gasteiger partial charge in [0.05, 0.1) is 16.6 Å². The van der Waals surface area contributed by atoms with Crippen molar-refractivity contribution in [2.24, 2.45) is 0 Å². The second-order valence-corrected chi connectivity index (χ2v) is 7.72. The van der Waals surface area contributed by atoms with Gasteiger partial charge in [-0.2, -0.15) is 5.10 Å². The number of hydrogen-bond acceptors (Lipinski definition) is 4. The largest absolute Gasteiger partial charge is 0.334 e. The minimum atomic E-state index is -0.00988. The summed E-state index contributed by atoms with van der Waals surface area (Å²) in [6.45, 7) is 6.31. The summed E-state index contributed by atoms with van der Waals surface area (Å²) < 4.78 is 1.72. The average molecular weight is 369 g/mol. The maximum Gasteiger partial charge on any atom is 0.264 e. The van der Waals surface area contributed by atoms with E-state index in [4.69, 9.17) is 0 Å². The van der Waals surface area contributed by atoms with Gasteiger partial charge in [0, 0.05) is 11.9 Å². The van der Waals surface area contributed by atoms with Gasteiger partial charge < -0.3 is 4.90 Å². The molecule has 1 aromatic carbocycles. The van der Waals surface area contributed by atoms with Crippen LogP contribution in [-0.4, -0.2) is 32.6 Å². The molecule has 0 bridgehead atoms. The number of thiophene rings is 1. The van der Waals surface area contributed by atoms with Gasteiger partial charge >= 0.3 is 0 Å². The third-order valence-corrected chi connectivity index (χ3v) is 5.79. The molecule has 2 heterocycles. The first-order valence-corrected chi connectivity index (χ1v) is 9.64.